The highest BCUT2D eigenvalue weighted by Gasteiger charge is 2.10. The van der Waals surface area contributed by atoms with E-state index in [1.54, 1.807) is 22.7 Å². The van der Waals surface area contributed by atoms with Crippen LogP contribution in [0.25, 0.3) is 6.08 Å². The minimum Gasteiger partial charge on any atom is -0.334 e. The molecule has 2 nitrogen and oxygen atoms in total. The van der Waals surface area contributed by atoms with Gasteiger partial charge in [0, 0.05) is 22.4 Å². The number of thioether (sulfide) groups is 1. The van der Waals surface area contributed by atoms with Gasteiger partial charge in [0.05, 0.1) is 10.9 Å². The SMILES string of the molecule is CCN(Cc1ccc(Cl)s1)C(=O)/C=C/c1ccc(SC)cc1. The van der Waals surface area contributed by atoms with Crippen molar-refractivity contribution in [1.29, 1.82) is 0 Å². The van der Waals surface area contributed by atoms with Gasteiger partial charge in [0.25, 0.3) is 0 Å². The molecule has 0 atom stereocenters. The summed E-state index contributed by atoms with van der Waals surface area (Å²) in [5.74, 6) is 0.0148. The lowest BCUT2D eigenvalue weighted by Crippen LogP contribution is -2.28. The van der Waals surface area contributed by atoms with Gasteiger partial charge >= 0.3 is 0 Å². The van der Waals surface area contributed by atoms with E-state index in [4.69, 9.17) is 11.6 Å². The van der Waals surface area contributed by atoms with Crippen molar-refractivity contribution in [2.75, 3.05) is 12.8 Å². The molecule has 0 radical (unpaired) electrons. The Morgan fingerprint density at radius 3 is 2.55 bits per heavy atom. The molecule has 0 fully saturated rings. The number of rotatable bonds is 6. The molecule has 0 bridgehead atoms. The summed E-state index contributed by atoms with van der Waals surface area (Å²) in [5, 5.41) is 0. The summed E-state index contributed by atoms with van der Waals surface area (Å²) in [5.41, 5.74) is 1.03. The lowest BCUT2D eigenvalue weighted by Gasteiger charge is -2.18. The van der Waals surface area contributed by atoms with Crippen molar-refractivity contribution in [3.63, 3.8) is 0 Å². The van der Waals surface area contributed by atoms with E-state index >= 15 is 0 Å². The minimum atomic E-state index is 0.0148. The van der Waals surface area contributed by atoms with Crippen LogP contribution in [0.1, 0.15) is 17.4 Å². The Morgan fingerprint density at radius 2 is 2.00 bits per heavy atom. The third-order valence-electron chi connectivity index (χ3n) is 3.20. The molecular weight excluding hydrogens is 334 g/mol. The van der Waals surface area contributed by atoms with Crippen molar-refractivity contribution in [1.82, 2.24) is 4.90 Å². The Kier molecular flexibility index (Phi) is 6.55. The number of thiophene rings is 1. The Hall–Kier alpha value is -1.23. The zero-order valence-corrected chi connectivity index (χ0v) is 15.0. The van der Waals surface area contributed by atoms with Crippen molar-refractivity contribution >= 4 is 46.7 Å². The van der Waals surface area contributed by atoms with Crippen molar-refractivity contribution in [3.8, 4) is 0 Å². The monoisotopic (exact) mass is 351 g/mol. The molecule has 0 spiro atoms. The summed E-state index contributed by atoms with van der Waals surface area (Å²) in [6, 6.07) is 12.0. The predicted molar refractivity (Wildman–Crippen MR) is 97.7 cm³/mol. The molecule has 2 aromatic rings. The van der Waals surface area contributed by atoms with E-state index in [-0.39, 0.29) is 5.91 Å². The van der Waals surface area contributed by atoms with E-state index in [9.17, 15) is 4.79 Å². The summed E-state index contributed by atoms with van der Waals surface area (Å²) in [6.07, 6.45) is 5.54. The topological polar surface area (TPSA) is 20.3 Å². The van der Waals surface area contributed by atoms with Crippen LogP contribution >= 0.6 is 34.7 Å². The van der Waals surface area contributed by atoms with Gasteiger partial charge in [-0.1, -0.05) is 23.7 Å². The Balaban J connectivity index is 1.99. The Bertz CT molecular complexity index is 649. The second kappa shape index (κ2) is 8.42. The first-order valence-electron chi connectivity index (χ1n) is 6.97. The van der Waals surface area contributed by atoms with Gasteiger partial charge in [0.2, 0.25) is 5.91 Å². The number of carbonyl (C=O) groups excluding carboxylic acids is 1. The van der Waals surface area contributed by atoms with Gasteiger partial charge in [0.15, 0.2) is 0 Å². The average molecular weight is 352 g/mol. The molecule has 0 saturated carbocycles. The number of carbonyl (C=O) groups is 1. The van der Waals surface area contributed by atoms with E-state index < -0.39 is 0 Å². The lowest BCUT2D eigenvalue weighted by atomic mass is 10.2. The van der Waals surface area contributed by atoms with Crippen LogP contribution in [-0.4, -0.2) is 23.6 Å². The fourth-order valence-corrected chi connectivity index (χ4v) is 3.47. The molecular formula is C17H18ClNOS2. The van der Waals surface area contributed by atoms with Crippen LogP contribution in [-0.2, 0) is 11.3 Å². The molecule has 1 heterocycles. The largest absolute Gasteiger partial charge is 0.334 e. The standard InChI is InChI=1S/C17H18ClNOS2/c1-3-19(12-15-9-10-16(18)22-15)17(20)11-6-13-4-7-14(21-2)8-5-13/h4-11H,3,12H2,1-2H3/b11-6+. The Labute approximate surface area is 144 Å². The summed E-state index contributed by atoms with van der Waals surface area (Å²) in [4.78, 5) is 16.4. The smallest absolute Gasteiger partial charge is 0.246 e. The molecule has 0 aliphatic rings. The number of hydrogen-bond donors (Lipinski definition) is 0. The van der Waals surface area contributed by atoms with Crippen LogP contribution in [0.5, 0.6) is 0 Å². The highest BCUT2D eigenvalue weighted by atomic mass is 35.5. The maximum Gasteiger partial charge on any atom is 0.246 e. The second-order valence-electron chi connectivity index (χ2n) is 4.66. The molecule has 0 aliphatic carbocycles. The number of nitrogens with zero attached hydrogens (tertiary/aromatic N) is 1. The molecule has 1 amide bonds. The fourth-order valence-electron chi connectivity index (χ4n) is 1.96. The maximum absolute atomic E-state index is 12.3. The van der Waals surface area contributed by atoms with Crippen LogP contribution < -0.4 is 0 Å². The van der Waals surface area contributed by atoms with Gasteiger partial charge in [-0.25, -0.2) is 0 Å². The molecule has 0 saturated heterocycles. The van der Waals surface area contributed by atoms with Crippen LogP contribution in [0, 0.1) is 0 Å². The van der Waals surface area contributed by atoms with Gasteiger partial charge in [-0.2, -0.15) is 0 Å². The first-order chi connectivity index (χ1) is 10.6. The lowest BCUT2D eigenvalue weighted by molar-refractivity contribution is -0.126. The van der Waals surface area contributed by atoms with E-state index in [1.165, 1.54) is 16.2 Å². The van der Waals surface area contributed by atoms with E-state index in [0.29, 0.717) is 13.1 Å². The van der Waals surface area contributed by atoms with Crippen molar-refractivity contribution in [2.45, 2.75) is 18.4 Å². The van der Waals surface area contributed by atoms with Gasteiger partial charge in [-0.3, -0.25) is 4.79 Å². The molecule has 0 unspecified atom stereocenters. The third kappa shape index (κ3) is 4.90. The number of hydrogen-bond acceptors (Lipinski definition) is 3. The summed E-state index contributed by atoms with van der Waals surface area (Å²) < 4.78 is 0.753. The first kappa shape index (κ1) is 17.1. The zero-order chi connectivity index (χ0) is 15.9. The number of halogens is 1. The van der Waals surface area contributed by atoms with Crippen molar-refractivity contribution < 1.29 is 4.79 Å². The van der Waals surface area contributed by atoms with E-state index in [0.717, 1.165) is 14.8 Å². The van der Waals surface area contributed by atoms with Gasteiger partial charge in [-0.15, -0.1) is 23.1 Å². The number of benzene rings is 1. The molecule has 116 valence electrons. The fraction of sp³-hybridized carbons (Fsp3) is 0.235. The predicted octanol–water partition coefficient (Wildman–Crippen LogP) is 5.19. The van der Waals surface area contributed by atoms with Gasteiger partial charge in [-0.05, 0) is 49.1 Å². The quantitative estimate of drug-likeness (QED) is 0.527. The number of likely N-dealkylation sites (N-methyl/N-ethyl adjacent to an activating group) is 1. The van der Waals surface area contributed by atoms with Gasteiger partial charge < -0.3 is 4.90 Å². The number of amides is 1. The molecule has 1 aromatic heterocycles. The highest BCUT2D eigenvalue weighted by Crippen LogP contribution is 2.23. The average Bonchev–Trinajstić information content (AvgIpc) is 2.96. The summed E-state index contributed by atoms with van der Waals surface area (Å²) >= 11 is 9.15. The maximum atomic E-state index is 12.3. The van der Waals surface area contributed by atoms with E-state index in [1.807, 2.05) is 43.5 Å². The van der Waals surface area contributed by atoms with Crippen LogP contribution in [0.15, 0.2) is 47.4 Å². The van der Waals surface area contributed by atoms with Crippen molar-refractivity contribution in [3.05, 3.63) is 57.3 Å². The molecule has 5 heteroatoms. The summed E-state index contributed by atoms with van der Waals surface area (Å²) in [6.45, 7) is 3.25. The molecule has 0 aliphatic heterocycles. The molecule has 0 N–H and O–H groups in total. The van der Waals surface area contributed by atoms with Crippen LogP contribution in [0.4, 0.5) is 0 Å². The van der Waals surface area contributed by atoms with Crippen molar-refractivity contribution in [2.24, 2.45) is 0 Å². The Morgan fingerprint density at radius 1 is 1.27 bits per heavy atom. The van der Waals surface area contributed by atoms with E-state index in [2.05, 4.69) is 12.1 Å². The molecule has 2 rings (SSSR count). The second-order valence-corrected chi connectivity index (χ2v) is 7.34. The normalized spacial score (nSPS) is 11.0. The van der Waals surface area contributed by atoms with Crippen LogP contribution in [0.2, 0.25) is 4.34 Å². The summed E-state index contributed by atoms with van der Waals surface area (Å²) in [7, 11) is 0. The highest BCUT2D eigenvalue weighted by molar-refractivity contribution is 7.98. The minimum absolute atomic E-state index is 0.0148. The van der Waals surface area contributed by atoms with Gasteiger partial charge in [0.1, 0.15) is 0 Å². The molecule has 1 aromatic carbocycles. The van der Waals surface area contributed by atoms with Crippen LogP contribution in [0.3, 0.4) is 0 Å². The third-order valence-corrected chi connectivity index (χ3v) is 5.16. The first-order valence-corrected chi connectivity index (χ1v) is 9.39. The zero-order valence-electron chi connectivity index (χ0n) is 12.6. The molecule has 22 heavy (non-hydrogen) atoms.